The number of rotatable bonds is 4. The van der Waals surface area contributed by atoms with Crippen molar-refractivity contribution in [3.05, 3.63) is 35.4 Å². The Kier molecular flexibility index (Phi) is 4.17. The molecule has 0 saturated heterocycles. The second kappa shape index (κ2) is 5.48. The molecule has 0 fully saturated rings. The van der Waals surface area contributed by atoms with Crippen LogP contribution >= 0.6 is 11.6 Å². The second-order valence-corrected chi connectivity index (χ2v) is 4.81. The Bertz CT molecular complexity index is 411. The molecule has 2 unspecified atom stereocenters. The van der Waals surface area contributed by atoms with Crippen LogP contribution < -0.4 is 11.3 Å². The second-order valence-electron chi connectivity index (χ2n) is 4.30. The van der Waals surface area contributed by atoms with Crippen LogP contribution in [0.2, 0.25) is 0 Å². The average molecular weight is 277 g/mol. The molecule has 1 heterocycles. The molecular formula is C12H15ClF2N2O. The van der Waals surface area contributed by atoms with Crippen LogP contribution in [0.4, 0.5) is 8.78 Å². The summed E-state index contributed by atoms with van der Waals surface area (Å²) in [5.74, 6) is 5.13. The Morgan fingerprint density at radius 3 is 2.89 bits per heavy atom. The van der Waals surface area contributed by atoms with Crippen LogP contribution in [-0.4, -0.2) is 18.0 Å². The molecule has 3 nitrogen and oxygen atoms in total. The van der Waals surface area contributed by atoms with E-state index in [1.54, 1.807) is 0 Å². The molecule has 2 atom stereocenters. The number of ether oxygens (including phenoxy) is 1. The van der Waals surface area contributed by atoms with Crippen molar-refractivity contribution in [3.8, 4) is 0 Å². The first-order chi connectivity index (χ1) is 8.52. The molecule has 1 aliphatic rings. The Balaban J connectivity index is 2.16. The van der Waals surface area contributed by atoms with E-state index in [0.29, 0.717) is 6.61 Å². The fraction of sp³-hybridized carbons (Fsp3) is 0.500. The first-order valence-electron chi connectivity index (χ1n) is 5.74. The van der Waals surface area contributed by atoms with Crippen LogP contribution in [0.5, 0.6) is 0 Å². The number of alkyl halides is 3. The largest absolute Gasteiger partial charge is 0.373 e. The van der Waals surface area contributed by atoms with Gasteiger partial charge in [0.15, 0.2) is 0 Å². The molecule has 18 heavy (non-hydrogen) atoms. The van der Waals surface area contributed by atoms with Gasteiger partial charge in [0.25, 0.3) is 0 Å². The zero-order valence-electron chi connectivity index (χ0n) is 9.70. The van der Waals surface area contributed by atoms with E-state index < -0.39 is 17.5 Å². The van der Waals surface area contributed by atoms with Crippen LogP contribution in [0.25, 0.3) is 0 Å². The van der Waals surface area contributed by atoms with Gasteiger partial charge in [-0.15, -0.1) is 0 Å². The van der Waals surface area contributed by atoms with Crippen molar-refractivity contribution in [3.63, 3.8) is 0 Å². The summed E-state index contributed by atoms with van der Waals surface area (Å²) >= 11 is 5.01. The summed E-state index contributed by atoms with van der Waals surface area (Å²) in [4.78, 5) is 0. The first-order valence-corrected chi connectivity index (χ1v) is 6.12. The maximum Gasteiger partial charge on any atom is 0.338 e. The molecule has 0 aliphatic carbocycles. The maximum absolute atomic E-state index is 13.1. The summed E-state index contributed by atoms with van der Waals surface area (Å²) in [6, 6.07) is 6.34. The van der Waals surface area contributed by atoms with Gasteiger partial charge in [-0.05, 0) is 29.1 Å². The maximum atomic E-state index is 13.1. The smallest absolute Gasteiger partial charge is 0.338 e. The van der Waals surface area contributed by atoms with Crippen LogP contribution in [0.15, 0.2) is 24.3 Å². The highest BCUT2D eigenvalue weighted by Crippen LogP contribution is 2.35. The summed E-state index contributed by atoms with van der Waals surface area (Å²) < 4.78 is 31.7. The van der Waals surface area contributed by atoms with Gasteiger partial charge in [0.05, 0.1) is 12.7 Å². The lowest BCUT2D eigenvalue weighted by molar-refractivity contribution is -0.0111. The third-order valence-electron chi connectivity index (χ3n) is 3.14. The number of fused-ring (bicyclic) bond motifs is 1. The van der Waals surface area contributed by atoms with E-state index in [2.05, 4.69) is 5.43 Å². The van der Waals surface area contributed by atoms with Gasteiger partial charge in [0.2, 0.25) is 0 Å². The molecule has 0 bridgehead atoms. The lowest BCUT2D eigenvalue weighted by Crippen LogP contribution is -2.46. The number of benzene rings is 1. The molecule has 0 spiro atoms. The van der Waals surface area contributed by atoms with E-state index in [4.69, 9.17) is 22.2 Å². The molecule has 0 radical (unpaired) electrons. The van der Waals surface area contributed by atoms with Crippen LogP contribution in [-0.2, 0) is 11.2 Å². The summed E-state index contributed by atoms with van der Waals surface area (Å²) in [5.41, 5.74) is 4.12. The summed E-state index contributed by atoms with van der Waals surface area (Å²) in [6.07, 6.45) is 0.426. The van der Waals surface area contributed by atoms with Crippen molar-refractivity contribution in [1.82, 2.24) is 5.43 Å². The van der Waals surface area contributed by atoms with Gasteiger partial charge < -0.3 is 4.74 Å². The van der Waals surface area contributed by atoms with Gasteiger partial charge in [0.1, 0.15) is 6.04 Å². The van der Waals surface area contributed by atoms with E-state index in [1.807, 2.05) is 24.3 Å². The molecule has 1 aromatic rings. The fourth-order valence-corrected chi connectivity index (χ4v) is 2.33. The van der Waals surface area contributed by atoms with Gasteiger partial charge in [-0.25, -0.2) is 5.43 Å². The van der Waals surface area contributed by atoms with Gasteiger partial charge in [-0.3, -0.25) is 5.84 Å². The number of nitrogens with one attached hydrogen (secondary N) is 1. The van der Waals surface area contributed by atoms with Crippen molar-refractivity contribution in [2.24, 2.45) is 5.84 Å². The third kappa shape index (κ3) is 2.98. The normalized spacial score (nSPS) is 21.4. The van der Waals surface area contributed by atoms with E-state index >= 15 is 0 Å². The molecule has 0 aromatic heterocycles. The molecule has 100 valence electrons. The Morgan fingerprint density at radius 1 is 1.50 bits per heavy atom. The molecule has 1 aliphatic heterocycles. The molecule has 3 N–H and O–H groups in total. The topological polar surface area (TPSA) is 47.3 Å². The van der Waals surface area contributed by atoms with E-state index in [9.17, 15) is 8.78 Å². The SMILES string of the molecule is NNC(CC1OCCc2ccccc21)C(F)(F)Cl. The zero-order valence-corrected chi connectivity index (χ0v) is 10.5. The fourth-order valence-electron chi connectivity index (χ4n) is 2.18. The van der Waals surface area contributed by atoms with Gasteiger partial charge in [-0.1, -0.05) is 24.3 Å². The third-order valence-corrected chi connectivity index (χ3v) is 3.40. The molecule has 0 amide bonds. The van der Waals surface area contributed by atoms with Gasteiger partial charge >= 0.3 is 5.38 Å². The molecule has 6 heteroatoms. The predicted molar refractivity (Wildman–Crippen MR) is 65.4 cm³/mol. The zero-order chi connectivity index (χ0) is 13.2. The van der Waals surface area contributed by atoms with E-state index in [1.165, 1.54) is 0 Å². The Labute approximate surface area is 109 Å². The highest BCUT2D eigenvalue weighted by atomic mass is 35.5. The quantitative estimate of drug-likeness (QED) is 0.504. The van der Waals surface area contributed by atoms with Gasteiger partial charge in [0, 0.05) is 6.42 Å². The molecular weight excluding hydrogens is 262 g/mol. The van der Waals surface area contributed by atoms with E-state index in [-0.39, 0.29) is 6.42 Å². The number of hydrogen-bond donors (Lipinski definition) is 2. The standard InChI is InChI=1S/C12H15ClF2N2O/c13-12(14,15)11(17-16)7-10-9-4-2-1-3-8(9)5-6-18-10/h1-4,10-11,17H,5-7,16H2. The number of nitrogens with two attached hydrogens (primary N) is 1. The van der Waals surface area contributed by atoms with E-state index in [0.717, 1.165) is 17.5 Å². The van der Waals surface area contributed by atoms with Crippen molar-refractivity contribution in [2.75, 3.05) is 6.61 Å². The first kappa shape index (κ1) is 13.7. The lowest BCUT2D eigenvalue weighted by atomic mass is 9.94. The summed E-state index contributed by atoms with van der Waals surface area (Å²) in [6.45, 7) is 0.521. The lowest BCUT2D eigenvalue weighted by Gasteiger charge is -2.30. The highest BCUT2D eigenvalue weighted by Gasteiger charge is 2.39. The van der Waals surface area contributed by atoms with Crippen LogP contribution in [0.3, 0.4) is 0 Å². The van der Waals surface area contributed by atoms with Gasteiger partial charge in [-0.2, -0.15) is 8.78 Å². The van der Waals surface area contributed by atoms with Crippen LogP contribution in [0.1, 0.15) is 23.7 Å². The predicted octanol–water partition coefficient (Wildman–Crippen LogP) is 2.35. The van der Waals surface area contributed by atoms with Crippen molar-refractivity contribution in [1.29, 1.82) is 0 Å². The van der Waals surface area contributed by atoms with Crippen LogP contribution in [0, 0.1) is 0 Å². The highest BCUT2D eigenvalue weighted by molar-refractivity contribution is 6.22. The minimum atomic E-state index is -3.40. The number of halogens is 3. The Morgan fingerprint density at radius 2 is 2.22 bits per heavy atom. The number of hydrazine groups is 1. The molecule has 0 saturated carbocycles. The van der Waals surface area contributed by atoms with Crippen molar-refractivity contribution >= 4 is 11.6 Å². The van der Waals surface area contributed by atoms with Crippen molar-refractivity contribution < 1.29 is 13.5 Å². The molecule has 1 aromatic carbocycles. The average Bonchev–Trinajstić information content (AvgIpc) is 2.34. The number of hydrogen-bond acceptors (Lipinski definition) is 3. The minimum absolute atomic E-state index is 0.0318. The minimum Gasteiger partial charge on any atom is -0.373 e. The van der Waals surface area contributed by atoms with Crippen molar-refractivity contribution in [2.45, 2.75) is 30.4 Å². The summed E-state index contributed by atoms with van der Waals surface area (Å²) in [7, 11) is 0. The summed E-state index contributed by atoms with van der Waals surface area (Å²) in [5, 5.41) is -3.40. The monoisotopic (exact) mass is 276 g/mol. The molecule has 2 rings (SSSR count). The Hall–Kier alpha value is -0.750.